The number of hydrogen-bond acceptors (Lipinski definition) is 10. The molecule has 1 saturated heterocycles. The van der Waals surface area contributed by atoms with Gasteiger partial charge in [-0.25, -0.2) is 4.52 Å². The van der Waals surface area contributed by atoms with Gasteiger partial charge in [-0.2, -0.15) is 10.4 Å². The molecule has 0 unspecified atom stereocenters. The number of methoxy groups -OCH3 is 1. The fraction of sp³-hybridized carbons (Fsp3) is 0.346. The lowest BCUT2D eigenvalue weighted by atomic mass is 10.1. The van der Waals surface area contributed by atoms with Crippen molar-refractivity contribution in [1.82, 2.24) is 29.7 Å². The van der Waals surface area contributed by atoms with E-state index in [0.717, 1.165) is 28.9 Å². The highest BCUT2D eigenvalue weighted by Crippen LogP contribution is 2.34. The summed E-state index contributed by atoms with van der Waals surface area (Å²) >= 11 is 1.22. The quantitative estimate of drug-likeness (QED) is 0.355. The second kappa shape index (κ2) is 10.5. The summed E-state index contributed by atoms with van der Waals surface area (Å²) in [5.74, 6) is -0.366. The molecule has 0 aliphatic carbocycles. The molecule has 1 fully saturated rings. The van der Waals surface area contributed by atoms with Crippen molar-refractivity contribution in [2.24, 2.45) is 5.92 Å². The van der Waals surface area contributed by atoms with Crippen LogP contribution in [0.3, 0.4) is 0 Å². The number of carbonyl (C=O) groups is 2. The summed E-state index contributed by atoms with van der Waals surface area (Å²) in [6, 6.07) is 9.75. The number of anilines is 1. The number of likely N-dealkylation sites (tertiary alicyclic amines) is 1. The van der Waals surface area contributed by atoms with Gasteiger partial charge >= 0.3 is 5.97 Å². The molecule has 4 aromatic rings. The first-order valence-corrected chi connectivity index (χ1v) is 13.0. The zero-order valence-corrected chi connectivity index (χ0v) is 22.0. The first-order valence-electron chi connectivity index (χ1n) is 12.2. The minimum atomic E-state index is -0.264. The van der Waals surface area contributed by atoms with Crippen molar-refractivity contribution in [3.63, 3.8) is 0 Å². The van der Waals surface area contributed by atoms with Crippen molar-refractivity contribution in [3.8, 4) is 28.0 Å². The Kier molecular flexibility index (Phi) is 7.02. The van der Waals surface area contributed by atoms with Crippen LogP contribution in [-0.2, 0) is 9.53 Å². The molecule has 11 nitrogen and oxygen atoms in total. The lowest BCUT2D eigenvalue weighted by Gasteiger charge is -2.15. The Morgan fingerprint density at radius 2 is 2.11 bits per heavy atom. The number of pyridine rings is 1. The Hall–Kier alpha value is -4.37. The van der Waals surface area contributed by atoms with E-state index in [9.17, 15) is 9.59 Å². The van der Waals surface area contributed by atoms with Crippen molar-refractivity contribution in [3.05, 3.63) is 47.2 Å². The summed E-state index contributed by atoms with van der Waals surface area (Å²) in [5, 5.41) is 26.4. The molecule has 0 bridgehead atoms. The summed E-state index contributed by atoms with van der Waals surface area (Å²) in [6.45, 7) is 5.14. The van der Waals surface area contributed by atoms with Gasteiger partial charge in [-0.15, -0.1) is 10.2 Å². The number of hydrogen-bond donors (Lipinski definition) is 1. The van der Waals surface area contributed by atoms with Crippen LogP contribution in [0, 0.1) is 17.2 Å². The summed E-state index contributed by atoms with van der Waals surface area (Å²) in [6.07, 6.45) is 4.30. The molecule has 0 aromatic carbocycles. The maximum atomic E-state index is 13.1. The fourth-order valence-corrected chi connectivity index (χ4v) is 5.34. The normalized spacial score (nSPS) is 15.1. The van der Waals surface area contributed by atoms with E-state index < -0.39 is 0 Å². The van der Waals surface area contributed by atoms with Gasteiger partial charge in [0.25, 0.3) is 5.91 Å². The van der Waals surface area contributed by atoms with Gasteiger partial charge in [0.05, 0.1) is 47.8 Å². The Morgan fingerprint density at radius 3 is 2.87 bits per heavy atom. The number of esters is 1. The number of nitriles is 1. The zero-order valence-electron chi connectivity index (χ0n) is 21.2. The number of rotatable bonds is 7. The summed E-state index contributed by atoms with van der Waals surface area (Å²) in [4.78, 5) is 31.1. The van der Waals surface area contributed by atoms with E-state index in [1.807, 2.05) is 32.0 Å². The van der Waals surface area contributed by atoms with Crippen LogP contribution in [0.5, 0.6) is 0 Å². The number of amides is 1. The van der Waals surface area contributed by atoms with Gasteiger partial charge in [-0.1, -0.05) is 11.3 Å². The Labute approximate surface area is 223 Å². The smallest absolute Gasteiger partial charge is 0.305 e. The van der Waals surface area contributed by atoms with Gasteiger partial charge in [0.1, 0.15) is 6.07 Å². The van der Waals surface area contributed by atoms with Gasteiger partial charge in [-0.05, 0) is 50.5 Å². The van der Waals surface area contributed by atoms with Crippen molar-refractivity contribution < 1.29 is 14.3 Å². The van der Waals surface area contributed by atoms with E-state index in [4.69, 9.17) is 10.00 Å². The monoisotopic (exact) mass is 530 g/mol. The van der Waals surface area contributed by atoms with Gasteiger partial charge in [0.2, 0.25) is 5.01 Å². The van der Waals surface area contributed by atoms with E-state index in [-0.39, 0.29) is 23.8 Å². The minimum absolute atomic E-state index is 0.0866. The maximum absolute atomic E-state index is 13.1. The molecule has 38 heavy (non-hydrogen) atoms. The van der Waals surface area contributed by atoms with E-state index in [0.29, 0.717) is 40.8 Å². The summed E-state index contributed by atoms with van der Waals surface area (Å²) in [5.41, 5.74) is 4.32. The minimum Gasteiger partial charge on any atom is -0.469 e. The van der Waals surface area contributed by atoms with E-state index >= 15 is 0 Å². The molecule has 0 saturated carbocycles. The first-order chi connectivity index (χ1) is 18.4. The SMILES string of the molecule is COC(=O)C[C@H]1CCN(C(=O)c2nnc(-c3cnc(-c4ccc5cc(C#N)cnn45)cc3NC(C)C)s2)C1. The van der Waals surface area contributed by atoms with E-state index in [1.54, 1.807) is 21.7 Å². The molecule has 1 aliphatic rings. The Balaban J connectivity index is 1.41. The van der Waals surface area contributed by atoms with Crippen LogP contribution in [0.2, 0.25) is 0 Å². The third-order valence-electron chi connectivity index (χ3n) is 6.33. The molecule has 1 amide bonds. The van der Waals surface area contributed by atoms with Crippen LogP contribution < -0.4 is 5.32 Å². The second-order valence-electron chi connectivity index (χ2n) is 9.42. The Bertz CT molecular complexity index is 1550. The largest absolute Gasteiger partial charge is 0.469 e. The topological polar surface area (TPSA) is 138 Å². The van der Waals surface area contributed by atoms with Crippen LogP contribution >= 0.6 is 11.3 Å². The van der Waals surface area contributed by atoms with Crippen LogP contribution in [0.4, 0.5) is 5.69 Å². The van der Waals surface area contributed by atoms with Gasteiger partial charge in [0.15, 0.2) is 5.01 Å². The molecular weight excluding hydrogens is 504 g/mol. The van der Waals surface area contributed by atoms with Crippen molar-refractivity contribution >= 4 is 34.4 Å². The molecule has 1 aliphatic heterocycles. The number of carbonyl (C=O) groups excluding carboxylic acids is 2. The maximum Gasteiger partial charge on any atom is 0.305 e. The highest BCUT2D eigenvalue weighted by molar-refractivity contribution is 7.16. The van der Waals surface area contributed by atoms with Crippen LogP contribution in [0.25, 0.3) is 27.5 Å². The predicted octanol–water partition coefficient (Wildman–Crippen LogP) is 3.63. The molecule has 5 rings (SSSR count). The molecule has 194 valence electrons. The zero-order chi connectivity index (χ0) is 26.8. The number of fused-ring (bicyclic) bond motifs is 1. The highest BCUT2D eigenvalue weighted by Gasteiger charge is 2.30. The Morgan fingerprint density at radius 1 is 1.26 bits per heavy atom. The molecular formula is C26H26N8O3S. The predicted molar refractivity (Wildman–Crippen MR) is 141 cm³/mol. The lowest BCUT2D eigenvalue weighted by Crippen LogP contribution is -2.29. The van der Waals surface area contributed by atoms with Crippen LogP contribution in [-0.4, -0.2) is 67.8 Å². The molecule has 0 radical (unpaired) electrons. The third-order valence-corrected chi connectivity index (χ3v) is 7.28. The number of nitrogens with one attached hydrogen (secondary N) is 1. The van der Waals surface area contributed by atoms with Crippen molar-refractivity contribution in [2.45, 2.75) is 32.7 Å². The number of ether oxygens (including phenoxy) is 1. The molecule has 4 aromatic heterocycles. The highest BCUT2D eigenvalue weighted by atomic mass is 32.1. The van der Waals surface area contributed by atoms with Crippen LogP contribution in [0.15, 0.2) is 36.7 Å². The van der Waals surface area contributed by atoms with Gasteiger partial charge in [0, 0.05) is 31.0 Å². The van der Waals surface area contributed by atoms with Crippen molar-refractivity contribution in [1.29, 1.82) is 5.26 Å². The van der Waals surface area contributed by atoms with E-state index in [2.05, 4.69) is 31.7 Å². The molecule has 1 atom stereocenters. The lowest BCUT2D eigenvalue weighted by molar-refractivity contribution is -0.141. The van der Waals surface area contributed by atoms with Crippen LogP contribution in [0.1, 0.15) is 42.1 Å². The molecule has 12 heteroatoms. The summed E-state index contributed by atoms with van der Waals surface area (Å²) < 4.78 is 6.50. The second-order valence-corrected chi connectivity index (χ2v) is 10.4. The van der Waals surface area contributed by atoms with Gasteiger partial charge < -0.3 is 15.0 Å². The molecule has 5 heterocycles. The fourth-order valence-electron chi connectivity index (χ4n) is 4.51. The van der Waals surface area contributed by atoms with E-state index in [1.165, 1.54) is 24.6 Å². The standard InChI is InChI=1S/C26H26N8O3S/c1-15(2)30-20-10-21(22-5-4-18-8-17(11-27)12-29-34(18)22)28-13-19(20)24-31-32-25(38-24)26(36)33-7-6-16(14-33)9-23(35)37-3/h4-5,8,10,12-13,15-16H,6-7,9,14H2,1-3H3,(H,28,30)/t16-/m1/s1. The number of nitrogens with zero attached hydrogens (tertiary/aromatic N) is 7. The average molecular weight is 531 g/mol. The third kappa shape index (κ3) is 5.05. The first kappa shape index (κ1) is 25.3. The van der Waals surface area contributed by atoms with Crippen molar-refractivity contribution in [2.75, 3.05) is 25.5 Å². The number of aromatic nitrogens is 5. The van der Waals surface area contributed by atoms with Gasteiger partial charge in [-0.3, -0.25) is 14.6 Å². The average Bonchev–Trinajstić information content (AvgIpc) is 3.67. The molecule has 0 spiro atoms. The molecule has 1 N–H and O–H groups in total. The summed E-state index contributed by atoms with van der Waals surface area (Å²) in [7, 11) is 1.37.